The fourth-order valence-electron chi connectivity index (χ4n) is 5.25. The third-order valence-corrected chi connectivity index (χ3v) is 9.04. The number of fused-ring (bicyclic) bond motifs is 3. The van der Waals surface area contributed by atoms with Gasteiger partial charge in [-0.2, -0.15) is 0 Å². The first-order valence-electron chi connectivity index (χ1n) is 14.7. The van der Waals surface area contributed by atoms with Crippen LogP contribution in [0.5, 0.6) is 0 Å². The monoisotopic (exact) mass is 599 g/mol. The molecule has 3 rings (SSSR count). The fourth-order valence-corrected chi connectivity index (χ4v) is 6.55. The number of aliphatic hydroxyl groups is 1. The van der Waals surface area contributed by atoms with E-state index >= 15 is 0 Å². The third kappa shape index (κ3) is 8.84. The van der Waals surface area contributed by atoms with Crippen molar-refractivity contribution in [2.24, 2.45) is 11.8 Å². The molecular formula is C31H45N3O7Si. The number of Topliss-reactive ketones (excluding diaryl/α,β-unsaturated/α-hetero) is 1. The molecule has 4 unspecified atom stereocenters. The maximum Gasteiger partial charge on any atom is 0.329 e. The second kappa shape index (κ2) is 14.2. The molecule has 2 aliphatic heterocycles. The van der Waals surface area contributed by atoms with E-state index in [0.717, 1.165) is 5.57 Å². The van der Waals surface area contributed by atoms with Gasteiger partial charge in [-0.25, -0.2) is 9.78 Å². The SMILES string of the molecule is CC1=C\C(O)CC(=O)Cc2nc(c([Si](C)(C)C)o2)C(=O)N2CCCC2C(=O)OC(C(C)C)C(C)/C=C/C(=O)NC\C=C\1. The first-order chi connectivity index (χ1) is 19.7. The Hall–Kier alpha value is -3.31. The zero-order valence-electron chi connectivity index (χ0n) is 25.8. The van der Waals surface area contributed by atoms with Crippen LogP contribution < -0.4 is 10.7 Å². The number of esters is 1. The predicted octanol–water partition coefficient (Wildman–Crippen LogP) is 3.08. The van der Waals surface area contributed by atoms with Crippen LogP contribution in [0.1, 0.15) is 63.3 Å². The molecule has 1 aromatic rings. The lowest BCUT2D eigenvalue weighted by Crippen LogP contribution is -2.47. The van der Waals surface area contributed by atoms with Gasteiger partial charge in [0.15, 0.2) is 5.69 Å². The van der Waals surface area contributed by atoms with Crippen molar-refractivity contribution in [3.05, 3.63) is 47.5 Å². The largest absolute Gasteiger partial charge is 0.460 e. The highest BCUT2D eigenvalue weighted by atomic mass is 28.3. The Morgan fingerprint density at radius 1 is 1.14 bits per heavy atom. The van der Waals surface area contributed by atoms with Gasteiger partial charge in [-0.05, 0) is 31.8 Å². The highest BCUT2D eigenvalue weighted by molar-refractivity contribution is 6.88. The van der Waals surface area contributed by atoms with E-state index < -0.39 is 38.2 Å². The van der Waals surface area contributed by atoms with E-state index in [-0.39, 0.29) is 54.5 Å². The van der Waals surface area contributed by atoms with Crippen molar-refractivity contribution in [1.82, 2.24) is 15.2 Å². The molecule has 0 radical (unpaired) electrons. The van der Waals surface area contributed by atoms with Crippen LogP contribution in [0.3, 0.4) is 0 Å². The van der Waals surface area contributed by atoms with Crippen LogP contribution in [0.15, 0.2) is 40.4 Å². The summed E-state index contributed by atoms with van der Waals surface area (Å²) < 4.78 is 12.0. The number of nitrogens with one attached hydrogen (secondary N) is 1. The lowest BCUT2D eigenvalue weighted by molar-refractivity contribution is -0.158. The van der Waals surface area contributed by atoms with E-state index in [0.29, 0.717) is 24.8 Å². The summed E-state index contributed by atoms with van der Waals surface area (Å²) in [5.74, 6) is -1.62. The van der Waals surface area contributed by atoms with Crippen molar-refractivity contribution in [2.75, 3.05) is 13.1 Å². The van der Waals surface area contributed by atoms with Gasteiger partial charge in [-0.3, -0.25) is 14.4 Å². The van der Waals surface area contributed by atoms with Gasteiger partial charge in [0.1, 0.15) is 31.4 Å². The molecule has 1 saturated heterocycles. The molecule has 42 heavy (non-hydrogen) atoms. The van der Waals surface area contributed by atoms with Crippen LogP contribution in [0.4, 0.5) is 0 Å². The number of rotatable bonds is 2. The molecule has 0 saturated carbocycles. The number of aliphatic hydroxyl groups excluding tert-OH is 1. The molecule has 2 amide bonds. The van der Waals surface area contributed by atoms with Crippen molar-refractivity contribution in [1.29, 1.82) is 0 Å². The minimum Gasteiger partial charge on any atom is -0.460 e. The average molecular weight is 600 g/mol. The number of hydrogen-bond donors (Lipinski definition) is 2. The van der Waals surface area contributed by atoms with Gasteiger partial charge in [-0.15, -0.1) is 0 Å². The quantitative estimate of drug-likeness (QED) is 0.391. The Morgan fingerprint density at radius 3 is 2.52 bits per heavy atom. The molecule has 230 valence electrons. The topological polar surface area (TPSA) is 139 Å². The number of aromatic nitrogens is 1. The number of oxazole rings is 1. The molecule has 0 spiro atoms. The second-order valence-electron chi connectivity index (χ2n) is 12.6. The Morgan fingerprint density at radius 2 is 1.86 bits per heavy atom. The summed E-state index contributed by atoms with van der Waals surface area (Å²) >= 11 is 0. The first kappa shape index (κ1) is 33.2. The Balaban J connectivity index is 1.98. The van der Waals surface area contributed by atoms with E-state index in [1.807, 2.05) is 40.4 Å². The molecule has 0 aromatic carbocycles. The van der Waals surface area contributed by atoms with Gasteiger partial charge in [0.25, 0.3) is 5.91 Å². The third-order valence-electron chi connectivity index (χ3n) is 7.33. The highest BCUT2D eigenvalue weighted by Gasteiger charge is 2.41. The number of ether oxygens (including phenoxy) is 1. The van der Waals surface area contributed by atoms with Crippen LogP contribution in [0.25, 0.3) is 0 Å². The number of cyclic esters (lactones) is 1. The molecule has 4 atom stereocenters. The molecule has 3 heterocycles. The Labute approximate surface area is 249 Å². The summed E-state index contributed by atoms with van der Waals surface area (Å²) in [6.07, 6.45) is 7.51. The number of nitrogens with zero attached hydrogens (tertiary/aromatic N) is 2. The number of hydrogen-bond acceptors (Lipinski definition) is 8. The lowest BCUT2D eigenvalue weighted by Gasteiger charge is -2.29. The van der Waals surface area contributed by atoms with Gasteiger partial charge in [-0.1, -0.05) is 70.3 Å². The van der Waals surface area contributed by atoms with Crippen LogP contribution >= 0.6 is 0 Å². The second-order valence-corrected chi connectivity index (χ2v) is 17.6. The fraction of sp³-hybridized carbons (Fsp3) is 0.581. The summed E-state index contributed by atoms with van der Waals surface area (Å²) in [5.41, 5.74) is 0.873. The van der Waals surface area contributed by atoms with Gasteiger partial charge < -0.3 is 24.5 Å². The smallest absolute Gasteiger partial charge is 0.329 e. The minimum absolute atomic E-state index is 0.0288. The van der Waals surface area contributed by atoms with Gasteiger partial charge in [0.05, 0.1) is 12.5 Å². The summed E-state index contributed by atoms with van der Waals surface area (Å²) in [7, 11) is -2.21. The summed E-state index contributed by atoms with van der Waals surface area (Å²) in [5, 5.41) is 13.7. The molecule has 1 aromatic heterocycles. The first-order valence-corrected chi connectivity index (χ1v) is 18.2. The van der Waals surface area contributed by atoms with Gasteiger partial charge >= 0.3 is 5.97 Å². The van der Waals surface area contributed by atoms with Crippen LogP contribution in [0.2, 0.25) is 19.6 Å². The normalized spacial score (nSPS) is 28.5. The molecule has 0 aliphatic carbocycles. The standard InChI is InChI=1S/C31H45N3O7Si/c1-19(2)28-21(4)12-13-25(37)32-14-8-10-20(3)16-22(35)17-23(36)18-26-33-27(31(40-26)42(5,6)7)29(38)34-15-9-11-24(34)30(39)41-28/h8,10,12-13,16,19,21-22,24,28,35H,9,11,14-15,17-18H2,1-7H3,(H,32,37)/b10-8+,13-12+,20-16+. The van der Waals surface area contributed by atoms with E-state index in [2.05, 4.69) is 10.3 Å². The van der Waals surface area contributed by atoms with Crippen molar-refractivity contribution in [2.45, 2.75) is 91.3 Å². The molecule has 11 heteroatoms. The predicted molar refractivity (Wildman–Crippen MR) is 162 cm³/mol. The van der Waals surface area contributed by atoms with Crippen LogP contribution in [-0.2, 0) is 25.5 Å². The summed E-state index contributed by atoms with van der Waals surface area (Å²) in [6.45, 7) is 14.3. The molecule has 2 bridgehead atoms. The lowest BCUT2D eigenvalue weighted by atomic mass is 9.94. The number of ketones is 1. The van der Waals surface area contributed by atoms with E-state index in [1.54, 1.807) is 31.2 Å². The maximum absolute atomic E-state index is 13.9. The van der Waals surface area contributed by atoms with Crippen LogP contribution in [-0.4, -0.2) is 78.0 Å². The molecule has 1 fully saturated rings. The van der Waals surface area contributed by atoms with Crippen molar-refractivity contribution < 1.29 is 33.4 Å². The highest BCUT2D eigenvalue weighted by Crippen LogP contribution is 2.25. The number of amides is 2. The zero-order valence-corrected chi connectivity index (χ0v) is 26.8. The Bertz CT molecular complexity index is 1260. The summed E-state index contributed by atoms with van der Waals surface area (Å²) in [6, 6.07) is -0.770. The Kier molecular flexibility index (Phi) is 11.3. The van der Waals surface area contributed by atoms with E-state index in [1.165, 1.54) is 11.0 Å². The molecule has 2 N–H and O–H groups in total. The molecule has 10 nitrogen and oxygen atoms in total. The zero-order chi connectivity index (χ0) is 31.2. The molecule has 2 aliphatic rings. The number of allylic oxidation sites excluding steroid dienone is 2. The van der Waals surface area contributed by atoms with Gasteiger partial charge in [0.2, 0.25) is 11.8 Å². The summed E-state index contributed by atoms with van der Waals surface area (Å²) in [4.78, 5) is 58.4. The maximum atomic E-state index is 13.9. The molecular weight excluding hydrogens is 554 g/mol. The van der Waals surface area contributed by atoms with E-state index in [9.17, 15) is 24.3 Å². The van der Waals surface area contributed by atoms with Crippen molar-refractivity contribution in [3.63, 3.8) is 0 Å². The average Bonchev–Trinajstić information content (AvgIpc) is 3.54. The van der Waals surface area contributed by atoms with Gasteiger partial charge in [0, 0.05) is 25.4 Å². The minimum atomic E-state index is -2.21. The van der Waals surface area contributed by atoms with E-state index in [4.69, 9.17) is 9.15 Å². The van der Waals surface area contributed by atoms with Crippen molar-refractivity contribution in [3.8, 4) is 0 Å². The number of carbonyl (C=O) groups is 4. The van der Waals surface area contributed by atoms with Crippen LogP contribution in [0, 0.1) is 11.8 Å². The number of carbonyl (C=O) groups excluding carboxylic acids is 4. The van der Waals surface area contributed by atoms with Crippen molar-refractivity contribution >= 4 is 37.0 Å².